The Morgan fingerprint density at radius 1 is 1.56 bits per heavy atom. The zero-order valence-electron chi connectivity index (χ0n) is 8.14. The molecule has 0 spiro atoms. The van der Waals surface area contributed by atoms with Crippen molar-refractivity contribution >= 4 is 21.9 Å². The molecule has 0 unspecified atom stereocenters. The summed E-state index contributed by atoms with van der Waals surface area (Å²) >= 11 is 2.70. The first kappa shape index (κ1) is 13.0. The van der Waals surface area contributed by atoms with Crippen LogP contribution in [0.25, 0.3) is 0 Å². The number of halogens is 4. The average molecular weight is 298 g/mol. The van der Waals surface area contributed by atoms with E-state index in [-0.39, 0.29) is 12.3 Å². The van der Waals surface area contributed by atoms with Crippen LogP contribution in [0.3, 0.4) is 0 Å². The summed E-state index contributed by atoms with van der Waals surface area (Å²) in [7, 11) is 0. The van der Waals surface area contributed by atoms with E-state index in [1.54, 1.807) is 6.92 Å². The van der Waals surface area contributed by atoms with E-state index in [4.69, 9.17) is 0 Å². The van der Waals surface area contributed by atoms with Crippen molar-refractivity contribution < 1.29 is 22.7 Å². The Morgan fingerprint density at radius 2 is 2.19 bits per heavy atom. The molecule has 1 heterocycles. The van der Waals surface area contributed by atoms with E-state index < -0.39 is 22.2 Å². The third-order valence-corrected chi connectivity index (χ3v) is 2.47. The van der Waals surface area contributed by atoms with Gasteiger partial charge in [-0.05, 0) is 28.9 Å². The molecule has 16 heavy (non-hydrogen) atoms. The molecule has 7 heteroatoms. The van der Waals surface area contributed by atoms with Crippen LogP contribution in [0.2, 0.25) is 0 Å². The Morgan fingerprint density at radius 3 is 2.69 bits per heavy atom. The van der Waals surface area contributed by atoms with Crippen LogP contribution >= 0.6 is 15.9 Å². The molecular formula is C9H7BrF3NO2. The quantitative estimate of drug-likeness (QED) is 0.788. The van der Waals surface area contributed by atoms with Gasteiger partial charge in [-0.25, -0.2) is 9.78 Å². The van der Waals surface area contributed by atoms with Crippen LogP contribution in [-0.2, 0) is 10.9 Å². The highest BCUT2D eigenvalue weighted by atomic mass is 79.9. The Labute approximate surface area is 97.8 Å². The first-order valence-corrected chi connectivity index (χ1v) is 5.06. The lowest BCUT2D eigenvalue weighted by Crippen LogP contribution is -2.13. The van der Waals surface area contributed by atoms with Crippen molar-refractivity contribution in [1.82, 2.24) is 4.98 Å². The number of rotatable bonds is 2. The second kappa shape index (κ2) is 4.82. The number of carbonyl (C=O) groups is 1. The van der Waals surface area contributed by atoms with E-state index in [1.807, 2.05) is 0 Å². The minimum absolute atomic E-state index is 0.0726. The van der Waals surface area contributed by atoms with Gasteiger partial charge in [0.25, 0.3) is 0 Å². The van der Waals surface area contributed by atoms with Gasteiger partial charge < -0.3 is 4.74 Å². The summed E-state index contributed by atoms with van der Waals surface area (Å²) in [6.07, 6.45) is -3.62. The van der Waals surface area contributed by atoms with Crippen molar-refractivity contribution in [1.29, 1.82) is 0 Å². The summed E-state index contributed by atoms with van der Waals surface area (Å²) < 4.78 is 41.6. The number of pyridine rings is 1. The number of hydrogen-bond acceptors (Lipinski definition) is 3. The van der Waals surface area contributed by atoms with Crippen molar-refractivity contribution in [3.05, 3.63) is 28.0 Å². The second-order valence-electron chi connectivity index (χ2n) is 2.74. The average Bonchev–Trinajstić information content (AvgIpc) is 2.16. The highest BCUT2D eigenvalue weighted by molar-refractivity contribution is 9.10. The summed E-state index contributed by atoms with van der Waals surface area (Å²) in [4.78, 5) is 14.8. The molecule has 1 rings (SSSR count). The summed E-state index contributed by atoms with van der Waals surface area (Å²) in [5, 5.41) is 0. The van der Waals surface area contributed by atoms with Crippen molar-refractivity contribution in [2.75, 3.05) is 6.61 Å². The van der Waals surface area contributed by atoms with Gasteiger partial charge in [0, 0.05) is 6.20 Å². The SMILES string of the molecule is CCOC(=O)c1nccc(C(F)(F)F)c1Br. The van der Waals surface area contributed by atoms with Crippen LogP contribution in [0.4, 0.5) is 13.2 Å². The Kier molecular flexibility index (Phi) is 3.90. The molecule has 0 fully saturated rings. The van der Waals surface area contributed by atoms with Gasteiger partial charge in [-0.15, -0.1) is 0 Å². The van der Waals surface area contributed by atoms with E-state index in [0.717, 1.165) is 12.3 Å². The highest BCUT2D eigenvalue weighted by Gasteiger charge is 2.35. The van der Waals surface area contributed by atoms with Gasteiger partial charge in [-0.2, -0.15) is 13.2 Å². The molecule has 0 saturated heterocycles. The van der Waals surface area contributed by atoms with Crippen LogP contribution in [0.5, 0.6) is 0 Å². The number of aromatic nitrogens is 1. The molecule has 0 amide bonds. The number of hydrogen-bond donors (Lipinski definition) is 0. The standard InChI is InChI=1S/C9H7BrF3NO2/c1-2-16-8(15)7-6(10)5(3-4-14-7)9(11,12)13/h3-4H,2H2,1H3. The molecule has 1 aromatic heterocycles. The smallest absolute Gasteiger partial charge is 0.417 e. The van der Waals surface area contributed by atoms with Gasteiger partial charge in [0.05, 0.1) is 16.6 Å². The molecule has 88 valence electrons. The van der Waals surface area contributed by atoms with Gasteiger partial charge in [0.15, 0.2) is 5.69 Å². The molecule has 0 bridgehead atoms. The molecule has 0 aromatic carbocycles. The van der Waals surface area contributed by atoms with Gasteiger partial charge in [-0.1, -0.05) is 0 Å². The Balaban J connectivity index is 3.19. The van der Waals surface area contributed by atoms with Crippen LogP contribution in [0, 0.1) is 0 Å². The van der Waals surface area contributed by atoms with Crippen molar-refractivity contribution in [2.45, 2.75) is 13.1 Å². The Bertz CT molecular complexity index is 406. The van der Waals surface area contributed by atoms with Crippen molar-refractivity contribution in [2.24, 2.45) is 0 Å². The fraction of sp³-hybridized carbons (Fsp3) is 0.333. The van der Waals surface area contributed by atoms with Gasteiger partial charge >= 0.3 is 12.1 Å². The minimum Gasteiger partial charge on any atom is -0.461 e. The zero-order valence-corrected chi connectivity index (χ0v) is 9.72. The molecule has 0 atom stereocenters. The predicted octanol–water partition coefficient (Wildman–Crippen LogP) is 3.04. The molecule has 3 nitrogen and oxygen atoms in total. The summed E-state index contributed by atoms with van der Waals surface area (Å²) in [5.41, 5.74) is -1.33. The van der Waals surface area contributed by atoms with E-state index in [0.29, 0.717) is 0 Å². The lowest BCUT2D eigenvalue weighted by Gasteiger charge is -2.10. The fourth-order valence-corrected chi connectivity index (χ4v) is 1.63. The zero-order chi connectivity index (χ0) is 12.3. The molecular weight excluding hydrogens is 291 g/mol. The molecule has 0 aliphatic carbocycles. The Hall–Kier alpha value is -1.11. The van der Waals surface area contributed by atoms with Crippen molar-refractivity contribution in [3.8, 4) is 0 Å². The normalized spacial score (nSPS) is 11.3. The van der Waals surface area contributed by atoms with Gasteiger partial charge in [0.1, 0.15) is 0 Å². The van der Waals surface area contributed by atoms with Crippen LogP contribution < -0.4 is 0 Å². The van der Waals surface area contributed by atoms with Gasteiger partial charge in [0.2, 0.25) is 0 Å². The molecule has 0 saturated carbocycles. The van der Waals surface area contributed by atoms with E-state index in [1.165, 1.54) is 0 Å². The summed E-state index contributed by atoms with van der Waals surface area (Å²) in [5.74, 6) is -0.888. The maximum Gasteiger partial charge on any atom is 0.417 e. The van der Waals surface area contributed by atoms with Crippen LogP contribution in [-0.4, -0.2) is 17.6 Å². The third-order valence-electron chi connectivity index (χ3n) is 1.66. The van der Waals surface area contributed by atoms with Crippen LogP contribution in [0.15, 0.2) is 16.7 Å². The number of ether oxygens (including phenoxy) is 1. The predicted molar refractivity (Wildman–Crippen MR) is 52.9 cm³/mol. The molecule has 0 aliphatic rings. The third kappa shape index (κ3) is 2.72. The largest absolute Gasteiger partial charge is 0.461 e. The topological polar surface area (TPSA) is 39.2 Å². The van der Waals surface area contributed by atoms with E-state index >= 15 is 0 Å². The second-order valence-corrected chi connectivity index (χ2v) is 3.53. The lowest BCUT2D eigenvalue weighted by atomic mass is 10.2. The summed E-state index contributed by atoms with van der Waals surface area (Å²) in [6.45, 7) is 1.63. The van der Waals surface area contributed by atoms with E-state index in [9.17, 15) is 18.0 Å². The maximum atomic E-state index is 12.5. The first-order valence-electron chi connectivity index (χ1n) is 4.26. The van der Waals surface area contributed by atoms with E-state index in [2.05, 4.69) is 25.7 Å². The van der Waals surface area contributed by atoms with Gasteiger partial charge in [-0.3, -0.25) is 0 Å². The molecule has 0 radical (unpaired) electrons. The number of alkyl halides is 3. The van der Waals surface area contributed by atoms with Crippen LogP contribution in [0.1, 0.15) is 23.0 Å². The lowest BCUT2D eigenvalue weighted by molar-refractivity contribution is -0.138. The highest BCUT2D eigenvalue weighted by Crippen LogP contribution is 2.35. The first-order chi connectivity index (χ1) is 7.38. The maximum absolute atomic E-state index is 12.5. The molecule has 0 aliphatic heterocycles. The number of carbonyl (C=O) groups excluding carboxylic acids is 1. The van der Waals surface area contributed by atoms with Crippen molar-refractivity contribution in [3.63, 3.8) is 0 Å². The molecule has 0 N–H and O–H groups in total. The minimum atomic E-state index is -4.54. The fourth-order valence-electron chi connectivity index (χ4n) is 1.00. The number of esters is 1. The monoisotopic (exact) mass is 297 g/mol. The summed E-state index contributed by atoms with van der Waals surface area (Å²) in [6, 6.07) is 0.785. The number of nitrogens with zero attached hydrogens (tertiary/aromatic N) is 1. The molecule has 1 aromatic rings.